The highest BCUT2D eigenvalue weighted by Gasteiger charge is 2.52. The van der Waals surface area contributed by atoms with Crippen molar-refractivity contribution in [3.63, 3.8) is 0 Å². The van der Waals surface area contributed by atoms with Gasteiger partial charge in [-0.05, 0) is 221 Å². The molecule has 0 bridgehead atoms. The van der Waals surface area contributed by atoms with Gasteiger partial charge in [0, 0.05) is 66.8 Å². The maximum absolute atomic E-state index is 6.64. The Labute approximate surface area is 770 Å². The summed E-state index contributed by atoms with van der Waals surface area (Å²) in [4.78, 5) is 19.6. The van der Waals surface area contributed by atoms with Crippen LogP contribution < -0.4 is 5.46 Å². The number of halogens is 1. The third-order valence-electron chi connectivity index (χ3n) is 26.6. The molecule has 0 spiro atoms. The van der Waals surface area contributed by atoms with Gasteiger partial charge in [0.2, 0.25) is 0 Å². The highest BCUT2D eigenvalue weighted by molar-refractivity contribution is 6.66. The van der Waals surface area contributed by atoms with Crippen molar-refractivity contribution in [2.24, 2.45) is 0 Å². The van der Waals surface area contributed by atoms with Gasteiger partial charge in [-0.2, -0.15) is 0 Å². The fourth-order valence-electron chi connectivity index (χ4n) is 19.5. The second-order valence-corrected chi connectivity index (χ2v) is 35.4. The van der Waals surface area contributed by atoms with Gasteiger partial charge in [0.1, 0.15) is 5.15 Å². The first-order chi connectivity index (χ1) is 64.8. The molecule has 0 saturated carbocycles. The van der Waals surface area contributed by atoms with E-state index in [9.17, 15) is 0 Å². The molecule has 1 fully saturated rings. The van der Waals surface area contributed by atoms with Crippen molar-refractivity contribution in [3.05, 3.63) is 454 Å². The van der Waals surface area contributed by atoms with E-state index in [4.69, 9.17) is 30.9 Å². The first kappa shape index (κ1) is 80.6. The monoisotopic (exact) mass is 1710 g/mol. The van der Waals surface area contributed by atoms with Gasteiger partial charge in [0.25, 0.3) is 0 Å². The van der Waals surface area contributed by atoms with Crippen LogP contribution >= 0.6 is 11.6 Å². The quantitative estimate of drug-likeness (QED) is 0.0689. The van der Waals surface area contributed by atoms with Crippen LogP contribution in [0.25, 0.3) is 221 Å². The summed E-state index contributed by atoms with van der Waals surface area (Å²) in [5.74, 6) is 1.33. The van der Waals surface area contributed by atoms with E-state index < -0.39 is 18.3 Å². The fourth-order valence-corrected chi connectivity index (χ4v) is 19.6. The van der Waals surface area contributed by atoms with E-state index in [1.807, 2.05) is 54.6 Å². The van der Waals surface area contributed by atoms with Crippen LogP contribution in [-0.2, 0) is 9.31 Å². The summed E-state index contributed by atoms with van der Waals surface area (Å²) in [7, 11) is -0.456. The molecule has 132 heavy (non-hydrogen) atoms. The number of hydrogen-bond acceptors (Lipinski definition) is 6. The number of para-hydroxylation sites is 4. The number of benzene rings is 20. The molecule has 20 aromatic carbocycles. The van der Waals surface area contributed by atoms with Crippen molar-refractivity contribution < 1.29 is 9.31 Å². The molecule has 25 rings (SSSR count). The Morgan fingerprint density at radius 1 is 0.220 bits per heavy atom. The first-order valence-electron chi connectivity index (χ1n) is 45.0. The van der Waals surface area contributed by atoms with Crippen LogP contribution in [0.3, 0.4) is 0 Å². The van der Waals surface area contributed by atoms with Crippen molar-refractivity contribution in [2.75, 3.05) is 0 Å². The zero-order chi connectivity index (χ0) is 88.5. The number of rotatable bonds is 12. The summed E-state index contributed by atoms with van der Waals surface area (Å²) in [6, 6.07) is 159. The molecule has 626 valence electrons. The highest BCUT2D eigenvalue weighted by atomic mass is 35.5. The third-order valence-corrected chi connectivity index (χ3v) is 26.8. The predicted octanol–water partition coefficient (Wildman–Crippen LogP) is 31.7. The largest absolute Gasteiger partial charge is 0.495 e. The topological polar surface area (TPSA) is 79.9 Å². The summed E-state index contributed by atoms with van der Waals surface area (Å²) < 4.78 is 18.0. The number of hydrogen-bond donors (Lipinski definition) is 0. The molecule has 24 aromatic rings. The molecule has 1 aliphatic rings. The van der Waals surface area contributed by atoms with E-state index in [2.05, 4.69) is 435 Å². The molecule has 0 aliphatic carbocycles. The number of fused-ring (bicyclic) bond motifs is 18. The van der Waals surface area contributed by atoms with Gasteiger partial charge in [-0.1, -0.05) is 376 Å². The fraction of sp³-hybridized carbons (Fsp3) is 0.0492. The van der Waals surface area contributed by atoms with E-state index in [1.165, 1.54) is 158 Å². The third kappa shape index (κ3) is 14.7. The van der Waals surface area contributed by atoms with Crippen LogP contribution in [0, 0.1) is 0 Å². The van der Waals surface area contributed by atoms with Crippen molar-refractivity contribution in [1.82, 2.24) is 29.1 Å². The van der Waals surface area contributed by atoms with E-state index in [0.717, 1.165) is 56.0 Å². The van der Waals surface area contributed by atoms with Gasteiger partial charge in [-0.15, -0.1) is 0 Å². The summed E-state index contributed by atoms with van der Waals surface area (Å²) in [6.07, 6.45) is 0. The minimum atomic E-state index is -0.456. The average Bonchev–Trinajstić information content (AvgIpc) is 0.813. The molecular weight excluding hydrogens is 1630 g/mol. The van der Waals surface area contributed by atoms with Crippen LogP contribution in [0.15, 0.2) is 449 Å². The van der Waals surface area contributed by atoms with Crippen LogP contribution in [-0.4, -0.2) is 47.4 Å². The summed E-state index contributed by atoms with van der Waals surface area (Å²) in [6.45, 7) is 8.48. The Morgan fingerprint density at radius 3 is 0.977 bits per heavy atom. The Balaban J connectivity index is 0.000000122. The lowest BCUT2D eigenvalue weighted by molar-refractivity contribution is 0.00578. The summed E-state index contributed by atoms with van der Waals surface area (Å²) in [5.41, 5.74) is 24.5. The van der Waals surface area contributed by atoms with E-state index >= 15 is 0 Å². The standard InChI is InChI=1S/C58H37N3.C42H34BNO2.C22H15ClN2/c1-4-15-38(16-5-1)39-27-29-40(30-28-39)53-37-54(60-58(59-53)41-17-6-2-7-18-41)50-25-14-24-49-46-22-11-10-21-45(46)47-33-31-42(36-52(47)57(49)50)43-32-34-56-51(35-43)48-23-12-13-26-55(48)61(56)44-19-8-3-9-20-44;1-41(2)42(3,4)46-43(45-41)37-19-12-18-34-31-16-9-8-15-30(31)32-23-21-27(26-36(32)40(34)37)28-22-24-39-35(25-28)33-17-10-11-20-38(33)44(39)29-13-6-5-7-14-29;23-21-15-20(24-22(25-21)19-9-5-2-6-10-19)18-13-11-17(12-14-18)16-7-3-1-4-8-16/h1-37H;5-26H,1-4H3;1-15H. The van der Waals surface area contributed by atoms with Crippen molar-refractivity contribution in [3.8, 4) is 112 Å². The molecule has 1 saturated heterocycles. The van der Waals surface area contributed by atoms with E-state index in [0.29, 0.717) is 16.8 Å². The van der Waals surface area contributed by atoms with Crippen molar-refractivity contribution in [1.29, 1.82) is 0 Å². The molecule has 0 N–H and O–H groups in total. The molecule has 0 radical (unpaired) electrons. The molecule has 0 amide bonds. The van der Waals surface area contributed by atoms with Gasteiger partial charge in [-0.3, -0.25) is 0 Å². The Kier molecular flexibility index (Phi) is 20.5. The van der Waals surface area contributed by atoms with E-state index in [-0.39, 0.29) is 0 Å². The van der Waals surface area contributed by atoms with Crippen molar-refractivity contribution >= 4 is 132 Å². The molecular formula is C122H86BClN6O2. The summed E-state index contributed by atoms with van der Waals surface area (Å²) in [5, 5.41) is 20.0. The zero-order valence-electron chi connectivity index (χ0n) is 73.2. The Bertz CT molecular complexity index is 8550. The smallest absolute Gasteiger partial charge is 0.399 e. The lowest BCUT2D eigenvalue weighted by atomic mass is 9.74. The molecule has 5 heterocycles. The molecule has 0 atom stereocenters. The van der Waals surface area contributed by atoms with Crippen LogP contribution in [0.5, 0.6) is 0 Å². The van der Waals surface area contributed by atoms with Gasteiger partial charge >= 0.3 is 7.12 Å². The Hall–Kier alpha value is -16.0. The van der Waals surface area contributed by atoms with Gasteiger partial charge in [0.15, 0.2) is 11.6 Å². The lowest BCUT2D eigenvalue weighted by Gasteiger charge is -2.32. The second-order valence-electron chi connectivity index (χ2n) is 35.0. The maximum Gasteiger partial charge on any atom is 0.495 e. The molecule has 8 nitrogen and oxygen atoms in total. The second kappa shape index (κ2) is 33.6. The average molecular weight is 1710 g/mol. The zero-order valence-corrected chi connectivity index (χ0v) is 73.9. The minimum Gasteiger partial charge on any atom is -0.399 e. The van der Waals surface area contributed by atoms with Crippen molar-refractivity contribution in [2.45, 2.75) is 38.9 Å². The van der Waals surface area contributed by atoms with E-state index in [1.54, 1.807) is 6.07 Å². The molecule has 10 heteroatoms. The lowest BCUT2D eigenvalue weighted by Crippen LogP contribution is -2.41. The van der Waals surface area contributed by atoms with Crippen LogP contribution in [0.2, 0.25) is 5.15 Å². The minimum absolute atomic E-state index is 0.425. The first-order valence-corrected chi connectivity index (χ1v) is 45.4. The maximum atomic E-state index is 6.64. The highest BCUT2D eigenvalue weighted by Crippen LogP contribution is 2.47. The normalized spacial score (nSPS) is 12.9. The summed E-state index contributed by atoms with van der Waals surface area (Å²) >= 11 is 6.23. The van der Waals surface area contributed by atoms with Gasteiger partial charge in [0.05, 0.1) is 50.4 Å². The SMILES string of the molecule is CC1(C)OB(c2cccc3c4ccccc4c4ccc(-c5ccc6c(c5)c5ccccc5n6-c5ccccc5)cc4c23)OC1(C)C.Clc1cc(-c2ccc(-c3ccccc3)cc2)nc(-c2ccccc2)n1.c1ccc(-c2ccc(-c3cc(-c4cccc5c6ccccc6c6ccc(-c7ccc8c(c7)c7ccccc7n8-c7ccccc7)cc6c45)nc(-c4ccccc4)n3)cc2)cc1. The van der Waals surface area contributed by atoms with Crippen LogP contribution in [0.4, 0.5) is 0 Å². The predicted molar refractivity (Wildman–Crippen MR) is 554 cm³/mol. The molecule has 0 unspecified atom stereocenters. The van der Waals surface area contributed by atoms with Gasteiger partial charge < -0.3 is 18.4 Å². The van der Waals surface area contributed by atoms with Crippen LogP contribution in [0.1, 0.15) is 27.7 Å². The Morgan fingerprint density at radius 2 is 0.523 bits per heavy atom. The number of nitrogens with zero attached hydrogens (tertiary/aromatic N) is 6. The number of aromatic nitrogens is 6. The molecule has 1 aliphatic heterocycles. The molecule has 4 aromatic heterocycles. The van der Waals surface area contributed by atoms with Gasteiger partial charge in [-0.25, -0.2) is 19.9 Å².